The number of nitrogens with one attached hydrogen (secondary N) is 2. The van der Waals surface area contributed by atoms with Gasteiger partial charge in [0.2, 0.25) is 0 Å². The van der Waals surface area contributed by atoms with Gasteiger partial charge in [0.05, 0.1) is 11.5 Å². The molecule has 7 nitrogen and oxygen atoms in total. The molecule has 2 rings (SSSR count). The van der Waals surface area contributed by atoms with E-state index < -0.39 is 4.92 Å². The average molecular weight is 233 g/mol. The summed E-state index contributed by atoms with van der Waals surface area (Å²) < 4.78 is 0. The molecule has 0 aliphatic carbocycles. The zero-order valence-corrected chi connectivity index (χ0v) is 9.17. The zero-order valence-electron chi connectivity index (χ0n) is 9.17. The number of nitro benzene ring substituents is 1. The summed E-state index contributed by atoms with van der Waals surface area (Å²) in [4.78, 5) is 14.3. The van der Waals surface area contributed by atoms with Crippen molar-refractivity contribution in [1.29, 1.82) is 0 Å². The number of rotatable bonds is 4. The van der Waals surface area contributed by atoms with Gasteiger partial charge >= 0.3 is 0 Å². The van der Waals surface area contributed by atoms with Crippen molar-refractivity contribution >= 4 is 5.69 Å². The van der Waals surface area contributed by atoms with Gasteiger partial charge < -0.3 is 5.32 Å². The Morgan fingerprint density at radius 2 is 2.12 bits per heavy atom. The lowest BCUT2D eigenvalue weighted by atomic mass is 10.2. The van der Waals surface area contributed by atoms with Crippen LogP contribution in [0.5, 0.6) is 0 Å². The van der Waals surface area contributed by atoms with Crippen LogP contribution in [0.4, 0.5) is 5.69 Å². The summed E-state index contributed by atoms with van der Waals surface area (Å²) in [6, 6.07) is 6.13. The molecule has 0 spiro atoms. The molecule has 0 saturated carbocycles. The van der Waals surface area contributed by atoms with Gasteiger partial charge in [-0.05, 0) is 19.2 Å². The summed E-state index contributed by atoms with van der Waals surface area (Å²) >= 11 is 0. The minimum absolute atomic E-state index is 0.0553. The molecule has 1 aromatic heterocycles. The van der Waals surface area contributed by atoms with Gasteiger partial charge in [-0.2, -0.15) is 5.10 Å². The summed E-state index contributed by atoms with van der Waals surface area (Å²) in [6.45, 7) is 0.597. The number of hydrogen-bond acceptors (Lipinski definition) is 5. The molecule has 0 aliphatic rings. The van der Waals surface area contributed by atoms with Crippen LogP contribution in [0, 0.1) is 10.1 Å². The Morgan fingerprint density at radius 1 is 1.41 bits per heavy atom. The SMILES string of the molecule is CNCc1nc(-c2ccc([N+](=O)[O-])cc2)n[nH]1. The van der Waals surface area contributed by atoms with Crippen molar-refractivity contribution in [3.63, 3.8) is 0 Å². The van der Waals surface area contributed by atoms with Crippen LogP contribution in [0.25, 0.3) is 11.4 Å². The molecule has 0 amide bonds. The van der Waals surface area contributed by atoms with Gasteiger partial charge in [0.15, 0.2) is 5.82 Å². The fourth-order valence-corrected chi connectivity index (χ4v) is 1.40. The van der Waals surface area contributed by atoms with E-state index in [1.807, 2.05) is 7.05 Å². The summed E-state index contributed by atoms with van der Waals surface area (Å²) in [5, 5.41) is 20.3. The second kappa shape index (κ2) is 4.71. The number of hydrogen-bond donors (Lipinski definition) is 2. The number of nitro groups is 1. The molecule has 0 aliphatic heterocycles. The number of H-pyrrole nitrogens is 1. The highest BCUT2D eigenvalue weighted by Crippen LogP contribution is 2.18. The van der Waals surface area contributed by atoms with Crippen LogP contribution in [0.2, 0.25) is 0 Å². The van der Waals surface area contributed by atoms with E-state index >= 15 is 0 Å². The van der Waals surface area contributed by atoms with Gasteiger partial charge in [0.1, 0.15) is 5.82 Å². The Morgan fingerprint density at radius 3 is 2.71 bits per heavy atom. The Hall–Kier alpha value is -2.28. The van der Waals surface area contributed by atoms with Crippen molar-refractivity contribution in [2.24, 2.45) is 0 Å². The Kier molecular flexibility index (Phi) is 3.10. The molecule has 7 heteroatoms. The van der Waals surface area contributed by atoms with E-state index in [0.29, 0.717) is 12.4 Å². The van der Waals surface area contributed by atoms with Gasteiger partial charge in [0.25, 0.3) is 5.69 Å². The molecule has 0 fully saturated rings. The zero-order chi connectivity index (χ0) is 12.3. The minimum atomic E-state index is -0.436. The predicted molar refractivity (Wildman–Crippen MR) is 61.2 cm³/mol. The van der Waals surface area contributed by atoms with Crippen LogP contribution in [0.1, 0.15) is 5.82 Å². The fourth-order valence-electron chi connectivity index (χ4n) is 1.40. The van der Waals surface area contributed by atoms with E-state index in [9.17, 15) is 10.1 Å². The summed E-state index contributed by atoms with van der Waals surface area (Å²) in [5.41, 5.74) is 0.800. The molecule has 1 aromatic carbocycles. The first-order valence-electron chi connectivity index (χ1n) is 5.01. The molecule has 2 N–H and O–H groups in total. The molecule has 1 heterocycles. The van der Waals surface area contributed by atoms with Gasteiger partial charge in [-0.3, -0.25) is 15.2 Å². The maximum Gasteiger partial charge on any atom is 0.269 e. The molecular weight excluding hydrogens is 222 g/mol. The van der Waals surface area contributed by atoms with Crippen molar-refractivity contribution < 1.29 is 4.92 Å². The normalized spacial score (nSPS) is 10.4. The number of non-ortho nitro benzene ring substituents is 1. The Labute approximate surface area is 97.0 Å². The minimum Gasteiger partial charge on any atom is -0.313 e. The van der Waals surface area contributed by atoms with E-state index in [2.05, 4.69) is 20.5 Å². The lowest BCUT2D eigenvalue weighted by Gasteiger charge is -1.94. The highest BCUT2D eigenvalue weighted by atomic mass is 16.6. The van der Waals surface area contributed by atoms with E-state index in [0.717, 1.165) is 11.4 Å². The maximum absolute atomic E-state index is 10.5. The van der Waals surface area contributed by atoms with E-state index in [-0.39, 0.29) is 5.69 Å². The van der Waals surface area contributed by atoms with Crippen molar-refractivity contribution in [2.45, 2.75) is 6.54 Å². The van der Waals surface area contributed by atoms with E-state index in [1.165, 1.54) is 12.1 Å². The highest BCUT2D eigenvalue weighted by molar-refractivity contribution is 5.56. The van der Waals surface area contributed by atoms with Crippen molar-refractivity contribution in [1.82, 2.24) is 20.5 Å². The van der Waals surface area contributed by atoms with Crippen LogP contribution >= 0.6 is 0 Å². The molecule has 0 radical (unpaired) electrons. The average Bonchev–Trinajstić information content (AvgIpc) is 2.78. The Balaban J connectivity index is 2.23. The topological polar surface area (TPSA) is 96.7 Å². The molecular formula is C10H11N5O2. The largest absolute Gasteiger partial charge is 0.313 e. The standard InChI is InChI=1S/C10H11N5O2/c1-11-6-9-12-10(14-13-9)7-2-4-8(5-3-7)15(16)17/h2-5,11H,6H2,1H3,(H,12,13,14). The highest BCUT2D eigenvalue weighted by Gasteiger charge is 2.08. The molecule has 0 saturated heterocycles. The molecule has 2 aromatic rings. The first kappa shape index (κ1) is 11.2. The van der Waals surface area contributed by atoms with Crippen LogP contribution in [-0.4, -0.2) is 27.2 Å². The lowest BCUT2D eigenvalue weighted by Crippen LogP contribution is -2.06. The quantitative estimate of drug-likeness (QED) is 0.608. The number of benzene rings is 1. The number of aromatic amines is 1. The monoisotopic (exact) mass is 233 g/mol. The molecule has 17 heavy (non-hydrogen) atoms. The van der Waals surface area contributed by atoms with Crippen molar-refractivity contribution in [2.75, 3.05) is 7.05 Å². The summed E-state index contributed by atoms with van der Waals surface area (Å²) in [5.74, 6) is 1.26. The Bertz CT molecular complexity index is 520. The third-order valence-corrected chi connectivity index (χ3v) is 2.21. The summed E-state index contributed by atoms with van der Waals surface area (Å²) in [7, 11) is 1.81. The van der Waals surface area contributed by atoms with Gasteiger partial charge in [-0.25, -0.2) is 4.98 Å². The van der Waals surface area contributed by atoms with Crippen LogP contribution in [-0.2, 0) is 6.54 Å². The third-order valence-electron chi connectivity index (χ3n) is 2.21. The van der Waals surface area contributed by atoms with Crippen molar-refractivity contribution in [3.8, 4) is 11.4 Å². The van der Waals surface area contributed by atoms with Crippen LogP contribution in [0.15, 0.2) is 24.3 Å². The second-order valence-electron chi connectivity index (χ2n) is 3.44. The first-order valence-corrected chi connectivity index (χ1v) is 5.01. The molecule has 0 bridgehead atoms. The van der Waals surface area contributed by atoms with Gasteiger partial charge in [-0.15, -0.1) is 0 Å². The molecule has 0 unspecified atom stereocenters. The van der Waals surface area contributed by atoms with Gasteiger partial charge in [-0.1, -0.05) is 0 Å². The smallest absolute Gasteiger partial charge is 0.269 e. The first-order chi connectivity index (χ1) is 8.20. The molecule has 0 atom stereocenters. The summed E-state index contributed by atoms with van der Waals surface area (Å²) in [6.07, 6.45) is 0. The maximum atomic E-state index is 10.5. The van der Waals surface area contributed by atoms with Crippen molar-refractivity contribution in [3.05, 3.63) is 40.2 Å². The van der Waals surface area contributed by atoms with Crippen LogP contribution < -0.4 is 5.32 Å². The lowest BCUT2D eigenvalue weighted by molar-refractivity contribution is -0.384. The van der Waals surface area contributed by atoms with E-state index in [1.54, 1.807) is 12.1 Å². The number of nitrogens with zero attached hydrogens (tertiary/aromatic N) is 3. The van der Waals surface area contributed by atoms with Crippen LogP contribution in [0.3, 0.4) is 0 Å². The fraction of sp³-hybridized carbons (Fsp3) is 0.200. The molecule has 88 valence electrons. The second-order valence-corrected chi connectivity index (χ2v) is 3.44. The van der Waals surface area contributed by atoms with Gasteiger partial charge in [0, 0.05) is 17.7 Å². The third kappa shape index (κ3) is 2.45. The van der Waals surface area contributed by atoms with E-state index in [4.69, 9.17) is 0 Å². The predicted octanol–water partition coefficient (Wildman–Crippen LogP) is 1.10. The number of aromatic nitrogens is 3.